The second kappa shape index (κ2) is 14.2. The Bertz CT molecular complexity index is 210. The van der Waals surface area contributed by atoms with Gasteiger partial charge in [0.1, 0.15) is 0 Å². The molecule has 0 aliphatic heterocycles. The fraction of sp³-hybridized carbons (Fsp3) is 0.846. The summed E-state index contributed by atoms with van der Waals surface area (Å²) in [6.07, 6.45) is 7.92. The number of unbranched alkanes of at least 4 members (excludes halogenated alkanes) is 5. The van der Waals surface area contributed by atoms with Crippen molar-refractivity contribution in [2.75, 3.05) is 0 Å². The van der Waals surface area contributed by atoms with Gasteiger partial charge in [0, 0.05) is 12.8 Å². The van der Waals surface area contributed by atoms with E-state index in [2.05, 4.69) is 11.7 Å². The fourth-order valence-corrected chi connectivity index (χ4v) is 1.42. The topological polar surface area (TPSA) is 43.4 Å². The van der Waals surface area contributed by atoms with E-state index in [1.54, 1.807) is 0 Å². The van der Waals surface area contributed by atoms with E-state index in [-0.39, 0.29) is 42.9 Å². The van der Waals surface area contributed by atoms with Crippen LogP contribution in [0.1, 0.15) is 73.1 Å². The molecule has 0 saturated heterocycles. The maximum absolute atomic E-state index is 11.2. The third kappa shape index (κ3) is 14.1. The molecule has 0 aromatic carbocycles. The van der Waals surface area contributed by atoms with Gasteiger partial charge in [-0.2, -0.15) is 0 Å². The maximum Gasteiger partial charge on any atom is 1.00 e. The van der Waals surface area contributed by atoms with Gasteiger partial charge in [0.05, 0.1) is 0 Å². The molecule has 0 saturated carbocycles. The first-order valence-corrected chi connectivity index (χ1v) is 6.44. The molecule has 0 aromatic heterocycles. The number of hydrogen-bond acceptors (Lipinski definition) is 3. The van der Waals surface area contributed by atoms with Gasteiger partial charge in [-0.15, -0.1) is 0 Å². The summed E-state index contributed by atoms with van der Waals surface area (Å²) < 4.78 is 4.68. The number of esters is 2. The zero-order valence-electron chi connectivity index (χ0n) is 12.6. The Morgan fingerprint density at radius 3 is 1.82 bits per heavy atom. The Hall–Kier alpha value is 0.140. The van der Waals surface area contributed by atoms with E-state index in [1.165, 1.54) is 12.8 Å². The van der Waals surface area contributed by atoms with Crippen molar-refractivity contribution >= 4 is 11.9 Å². The van der Waals surface area contributed by atoms with Crippen LogP contribution in [0.25, 0.3) is 0 Å². The van der Waals surface area contributed by atoms with Gasteiger partial charge in [-0.1, -0.05) is 46.0 Å². The molecule has 0 atom stereocenters. The number of rotatable bonds is 9. The van der Waals surface area contributed by atoms with E-state index < -0.39 is 0 Å². The summed E-state index contributed by atoms with van der Waals surface area (Å²) in [4.78, 5) is 22.3. The van der Waals surface area contributed by atoms with E-state index in [0.717, 1.165) is 32.1 Å². The Morgan fingerprint density at radius 1 is 0.824 bits per heavy atom. The molecule has 4 heteroatoms. The summed E-state index contributed by atoms with van der Waals surface area (Å²) in [6, 6.07) is 0. The normalized spacial score (nSPS) is 9.53. The van der Waals surface area contributed by atoms with Crippen molar-refractivity contribution in [1.82, 2.24) is 0 Å². The minimum atomic E-state index is -0.375. The minimum Gasteiger partial charge on any atom is -1.00 e. The SMILES string of the molecule is CCCCCCCC(=O)OC(=O)CCCC.[H-].[Na+]. The number of ether oxygens (including phenoxy) is 1. The van der Waals surface area contributed by atoms with Gasteiger partial charge in [-0.05, 0) is 12.8 Å². The van der Waals surface area contributed by atoms with Crippen molar-refractivity contribution in [2.24, 2.45) is 0 Å². The van der Waals surface area contributed by atoms with Crippen LogP contribution in [0.5, 0.6) is 0 Å². The van der Waals surface area contributed by atoms with Crippen LogP contribution in [0, 0.1) is 0 Å². The maximum atomic E-state index is 11.2. The van der Waals surface area contributed by atoms with Crippen LogP contribution in [0.4, 0.5) is 0 Å². The summed E-state index contributed by atoms with van der Waals surface area (Å²) in [6.45, 7) is 4.16. The second-order valence-corrected chi connectivity index (χ2v) is 4.11. The predicted octanol–water partition coefficient (Wildman–Crippen LogP) is 0.723. The molecular formula is C13H25NaO3. The quantitative estimate of drug-likeness (QED) is 0.263. The molecular weight excluding hydrogens is 227 g/mol. The van der Waals surface area contributed by atoms with Gasteiger partial charge in [0.25, 0.3) is 0 Å². The molecule has 0 bridgehead atoms. The van der Waals surface area contributed by atoms with Gasteiger partial charge in [-0.25, -0.2) is 0 Å². The van der Waals surface area contributed by atoms with Crippen LogP contribution in [0.15, 0.2) is 0 Å². The molecule has 0 unspecified atom stereocenters. The molecule has 17 heavy (non-hydrogen) atoms. The van der Waals surface area contributed by atoms with Crippen LogP contribution in [-0.4, -0.2) is 11.9 Å². The van der Waals surface area contributed by atoms with Crippen molar-refractivity contribution in [3.8, 4) is 0 Å². The van der Waals surface area contributed by atoms with Crippen molar-refractivity contribution in [3.63, 3.8) is 0 Å². The fourth-order valence-electron chi connectivity index (χ4n) is 1.42. The molecule has 3 nitrogen and oxygen atoms in total. The Labute approximate surface area is 128 Å². The first kappa shape index (κ1) is 19.5. The average molecular weight is 252 g/mol. The third-order valence-corrected chi connectivity index (χ3v) is 2.45. The van der Waals surface area contributed by atoms with Crippen LogP contribution in [0.3, 0.4) is 0 Å². The molecule has 0 amide bonds. The Kier molecular flexibility index (Phi) is 16.3. The number of hydrogen-bond donors (Lipinski definition) is 0. The van der Waals surface area contributed by atoms with Gasteiger partial charge >= 0.3 is 41.5 Å². The average Bonchev–Trinajstić information content (AvgIpc) is 2.26. The van der Waals surface area contributed by atoms with Gasteiger partial charge < -0.3 is 6.16 Å². The van der Waals surface area contributed by atoms with E-state index in [0.29, 0.717) is 12.8 Å². The molecule has 0 N–H and O–H groups in total. The summed E-state index contributed by atoms with van der Waals surface area (Å²) in [5.41, 5.74) is 0. The monoisotopic (exact) mass is 252 g/mol. The van der Waals surface area contributed by atoms with E-state index in [4.69, 9.17) is 0 Å². The molecule has 0 aromatic rings. The number of carbonyl (C=O) groups is 2. The summed E-state index contributed by atoms with van der Waals surface area (Å²) in [7, 11) is 0. The molecule has 0 heterocycles. The van der Waals surface area contributed by atoms with Crippen LogP contribution < -0.4 is 29.6 Å². The van der Waals surface area contributed by atoms with Crippen molar-refractivity contribution in [2.45, 2.75) is 71.6 Å². The number of carbonyl (C=O) groups excluding carboxylic acids is 2. The molecule has 96 valence electrons. The van der Waals surface area contributed by atoms with E-state index >= 15 is 0 Å². The minimum absolute atomic E-state index is 0. The molecule has 0 radical (unpaired) electrons. The van der Waals surface area contributed by atoms with Crippen molar-refractivity contribution < 1.29 is 45.3 Å². The van der Waals surface area contributed by atoms with Gasteiger partial charge in [0.15, 0.2) is 0 Å². The third-order valence-electron chi connectivity index (χ3n) is 2.45. The van der Waals surface area contributed by atoms with Crippen molar-refractivity contribution in [3.05, 3.63) is 0 Å². The largest absolute Gasteiger partial charge is 1.00 e. The first-order valence-electron chi connectivity index (χ1n) is 6.44. The molecule has 0 rings (SSSR count). The van der Waals surface area contributed by atoms with E-state index in [9.17, 15) is 9.59 Å². The smallest absolute Gasteiger partial charge is 1.00 e. The zero-order chi connectivity index (χ0) is 12.2. The first-order chi connectivity index (χ1) is 7.70. The summed E-state index contributed by atoms with van der Waals surface area (Å²) in [5.74, 6) is -0.738. The van der Waals surface area contributed by atoms with Crippen LogP contribution in [-0.2, 0) is 14.3 Å². The van der Waals surface area contributed by atoms with Crippen LogP contribution in [0.2, 0.25) is 0 Å². The molecule has 0 aliphatic carbocycles. The molecule has 0 aliphatic rings. The van der Waals surface area contributed by atoms with Gasteiger partial charge in [-0.3, -0.25) is 9.59 Å². The Balaban J connectivity index is -0.00000112. The van der Waals surface area contributed by atoms with Crippen molar-refractivity contribution in [1.29, 1.82) is 0 Å². The van der Waals surface area contributed by atoms with Crippen LogP contribution >= 0.6 is 0 Å². The van der Waals surface area contributed by atoms with Gasteiger partial charge in [0.2, 0.25) is 0 Å². The summed E-state index contributed by atoms with van der Waals surface area (Å²) in [5, 5.41) is 0. The molecule has 0 fully saturated rings. The predicted molar refractivity (Wildman–Crippen MR) is 65.1 cm³/mol. The summed E-state index contributed by atoms with van der Waals surface area (Å²) >= 11 is 0. The van der Waals surface area contributed by atoms with E-state index in [1.807, 2.05) is 6.92 Å². The molecule has 0 spiro atoms. The second-order valence-electron chi connectivity index (χ2n) is 4.11. The Morgan fingerprint density at radius 2 is 1.29 bits per heavy atom. The standard InChI is InChI=1S/C13H24O3.Na.H/c1-3-5-7-8-9-11-13(15)16-12(14)10-6-4-2;;/h3-11H2,1-2H3;;/q;+1;-1. The zero-order valence-corrected chi connectivity index (χ0v) is 13.6.